The van der Waals surface area contributed by atoms with E-state index in [1.807, 2.05) is 37.3 Å². The summed E-state index contributed by atoms with van der Waals surface area (Å²) in [5.41, 5.74) is 6.84. The van der Waals surface area contributed by atoms with Crippen LogP contribution in [0.5, 0.6) is 0 Å². The van der Waals surface area contributed by atoms with Gasteiger partial charge in [-0.3, -0.25) is 19.2 Å². The van der Waals surface area contributed by atoms with Gasteiger partial charge in [0.25, 0.3) is 0 Å². The van der Waals surface area contributed by atoms with Crippen LogP contribution in [0.4, 0.5) is 0 Å². The molecule has 1 aromatic rings. The van der Waals surface area contributed by atoms with Crippen LogP contribution in [0.25, 0.3) is 0 Å². The zero-order valence-electron chi connectivity index (χ0n) is 19.1. The third kappa shape index (κ3) is 6.10. The van der Waals surface area contributed by atoms with E-state index in [2.05, 4.69) is 5.32 Å². The van der Waals surface area contributed by atoms with Crippen molar-refractivity contribution < 1.29 is 24.3 Å². The molecule has 0 bridgehead atoms. The predicted molar refractivity (Wildman–Crippen MR) is 122 cm³/mol. The van der Waals surface area contributed by atoms with Crippen molar-refractivity contribution >= 4 is 23.7 Å². The first-order chi connectivity index (χ1) is 15.8. The van der Waals surface area contributed by atoms with Crippen LogP contribution >= 0.6 is 0 Å². The van der Waals surface area contributed by atoms with Crippen LogP contribution < -0.4 is 11.1 Å². The molecule has 180 valence electrons. The average molecular weight is 459 g/mol. The van der Waals surface area contributed by atoms with Gasteiger partial charge in [0.15, 0.2) is 0 Å². The van der Waals surface area contributed by atoms with Gasteiger partial charge >= 0.3 is 5.97 Å². The van der Waals surface area contributed by atoms with E-state index in [-0.39, 0.29) is 24.1 Å². The number of likely N-dealkylation sites (tertiary alicyclic amines) is 2. The summed E-state index contributed by atoms with van der Waals surface area (Å²) in [6, 6.07) is 6.91. The molecule has 33 heavy (non-hydrogen) atoms. The second kappa shape index (κ2) is 11.3. The number of carbonyl (C=O) groups excluding carboxylic acids is 3. The quantitative estimate of drug-likeness (QED) is 0.504. The number of hydrogen-bond donors (Lipinski definition) is 3. The number of nitrogens with two attached hydrogens (primary N) is 1. The van der Waals surface area contributed by atoms with Crippen molar-refractivity contribution in [3.8, 4) is 0 Å². The highest BCUT2D eigenvalue weighted by atomic mass is 16.4. The fourth-order valence-corrected chi connectivity index (χ4v) is 4.75. The third-order valence-electron chi connectivity index (χ3n) is 6.51. The van der Waals surface area contributed by atoms with Gasteiger partial charge in [-0.15, -0.1) is 0 Å². The van der Waals surface area contributed by atoms with E-state index in [0.29, 0.717) is 45.2 Å². The summed E-state index contributed by atoms with van der Waals surface area (Å²) in [7, 11) is 0. The standard InChI is InChI=1S/C24H34N4O5/c1-2-18(25)23(32)28-13-7-11-20(28)24(33)27-12-6-10-19(27)22(31)26-17(15-21(29)30)14-16-8-4-3-5-9-16/h3-5,8-9,17-20H,2,6-7,10-15,25H2,1H3,(H,26,31)(H,29,30). The largest absolute Gasteiger partial charge is 0.481 e. The molecule has 2 fully saturated rings. The van der Waals surface area contributed by atoms with E-state index in [1.165, 1.54) is 0 Å². The normalized spacial score (nSPS) is 22.1. The maximum atomic E-state index is 13.4. The fraction of sp³-hybridized carbons (Fsp3) is 0.583. The van der Waals surface area contributed by atoms with Crippen LogP contribution in [-0.4, -0.2) is 75.9 Å². The molecule has 9 nitrogen and oxygen atoms in total. The summed E-state index contributed by atoms with van der Waals surface area (Å²) in [4.78, 5) is 53.6. The Balaban J connectivity index is 1.68. The topological polar surface area (TPSA) is 133 Å². The van der Waals surface area contributed by atoms with E-state index in [9.17, 15) is 24.3 Å². The van der Waals surface area contributed by atoms with Crippen LogP contribution in [-0.2, 0) is 25.6 Å². The van der Waals surface area contributed by atoms with Gasteiger partial charge < -0.3 is 26.0 Å². The Hall–Kier alpha value is -2.94. The zero-order valence-corrected chi connectivity index (χ0v) is 19.1. The van der Waals surface area contributed by atoms with Crippen molar-refractivity contribution in [2.24, 2.45) is 5.73 Å². The molecule has 3 amide bonds. The minimum atomic E-state index is -0.997. The molecular formula is C24H34N4O5. The first-order valence-electron chi connectivity index (χ1n) is 11.7. The van der Waals surface area contributed by atoms with Gasteiger partial charge in [-0.2, -0.15) is 0 Å². The maximum Gasteiger partial charge on any atom is 0.305 e. The molecule has 0 saturated carbocycles. The number of amides is 3. The van der Waals surface area contributed by atoms with Crippen LogP contribution in [0.1, 0.15) is 51.0 Å². The second-order valence-electron chi connectivity index (χ2n) is 8.89. The van der Waals surface area contributed by atoms with Crippen molar-refractivity contribution in [1.29, 1.82) is 0 Å². The van der Waals surface area contributed by atoms with Crippen LogP contribution in [0.2, 0.25) is 0 Å². The molecule has 2 aliphatic rings. The summed E-state index contributed by atoms with van der Waals surface area (Å²) in [6.45, 7) is 2.77. The number of nitrogens with one attached hydrogen (secondary N) is 1. The highest BCUT2D eigenvalue weighted by Gasteiger charge is 2.43. The number of carboxylic acids is 1. The number of benzene rings is 1. The van der Waals surface area contributed by atoms with Crippen molar-refractivity contribution in [3.05, 3.63) is 35.9 Å². The molecule has 0 spiro atoms. The van der Waals surface area contributed by atoms with E-state index in [0.717, 1.165) is 12.0 Å². The molecule has 0 aromatic heterocycles. The Kier molecular flexibility index (Phi) is 8.43. The molecular weight excluding hydrogens is 424 g/mol. The van der Waals surface area contributed by atoms with Crippen molar-refractivity contribution in [2.45, 2.75) is 76.0 Å². The van der Waals surface area contributed by atoms with Crippen LogP contribution in [0.3, 0.4) is 0 Å². The number of nitrogens with zero attached hydrogens (tertiary/aromatic N) is 2. The lowest BCUT2D eigenvalue weighted by Gasteiger charge is -2.32. The second-order valence-corrected chi connectivity index (χ2v) is 8.89. The van der Waals surface area contributed by atoms with E-state index < -0.39 is 30.1 Å². The van der Waals surface area contributed by atoms with Gasteiger partial charge in [-0.1, -0.05) is 37.3 Å². The smallest absolute Gasteiger partial charge is 0.305 e. The summed E-state index contributed by atoms with van der Waals surface area (Å²) in [6.07, 6.45) is 3.15. The van der Waals surface area contributed by atoms with Crippen LogP contribution in [0.15, 0.2) is 30.3 Å². The summed E-state index contributed by atoms with van der Waals surface area (Å²) < 4.78 is 0. The van der Waals surface area contributed by atoms with E-state index >= 15 is 0 Å². The highest BCUT2D eigenvalue weighted by Crippen LogP contribution is 2.26. The number of aliphatic carboxylic acids is 1. The Bertz CT molecular complexity index is 862. The van der Waals surface area contributed by atoms with Crippen molar-refractivity contribution in [3.63, 3.8) is 0 Å². The fourth-order valence-electron chi connectivity index (χ4n) is 4.75. The summed E-state index contributed by atoms with van der Waals surface area (Å²) in [5, 5.41) is 12.2. The molecule has 1 aromatic carbocycles. The number of hydrogen-bond acceptors (Lipinski definition) is 5. The van der Waals surface area contributed by atoms with Gasteiger partial charge in [-0.05, 0) is 44.1 Å². The van der Waals surface area contributed by atoms with Crippen molar-refractivity contribution in [1.82, 2.24) is 15.1 Å². The molecule has 2 saturated heterocycles. The lowest BCUT2D eigenvalue weighted by molar-refractivity contribution is -0.147. The molecule has 2 aliphatic heterocycles. The Morgan fingerprint density at radius 1 is 1.06 bits per heavy atom. The average Bonchev–Trinajstić information content (AvgIpc) is 3.47. The third-order valence-corrected chi connectivity index (χ3v) is 6.51. The Labute approximate surface area is 194 Å². The van der Waals surface area contributed by atoms with Gasteiger partial charge in [0.1, 0.15) is 12.1 Å². The Morgan fingerprint density at radius 3 is 2.33 bits per heavy atom. The molecule has 2 heterocycles. The highest BCUT2D eigenvalue weighted by molar-refractivity contribution is 5.94. The van der Waals surface area contributed by atoms with E-state index in [1.54, 1.807) is 9.80 Å². The lowest BCUT2D eigenvalue weighted by Crippen LogP contribution is -2.55. The predicted octanol–water partition coefficient (Wildman–Crippen LogP) is 0.908. The first-order valence-corrected chi connectivity index (χ1v) is 11.7. The number of carboxylic acid groups (broad SMARTS) is 1. The first kappa shape index (κ1) is 24.7. The van der Waals surface area contributed by atoms with Gasteiger partial charge in [0.05, 0.1) is 12.5 Å². The Morgan fingerprint density at radius 2 is 1.70 bits per heavy atom. The SMILES string of the molecule is CCC(N)C(=O)N1CCCC1C(=O)N1CCCC1C(=O)NC(CC(=O)O)Cc1ccccc1. The monoisotopic (exact) mass is 458 g/mol. The molecule has 9 heteroatoms. The molecule has 4 N–H and O–H groups in total. The van der Waals surface area contributed by atoms with Crippen molar-refractivity contribution in [2.75, 3.05) is 13.1 Å². The van der Waals surface area contributed by atoms with E-state index in [4.69, 9.17) is 5.73 Å². The molecule has 3 rings (SSSR count). The molecule has 4 atom stereocenters. The summed E-state index contributed by atoms with van der Waals surface area (Å²) >= 11 is 0. The van der Waals surface area contributed by atoms with Gasteiger partial charge in [0, 0.05) is 19.1 Å². The maximum absolute atomic E-state index is 13.4. The summed E-state index contributed by atoms with van der Waals surface area (Å²) in [5.74, 6) is -1.79. The molecule has 0 aliphatic carbocycles. The number of rotatable bonds is 9. The number of carbonyl (C=O) groups is 4. The lowest BCUT2D eigenvalue weighted by atomic mass is 10.0. The van der Waals surface area contributed by atoms with Gasteiger partial charge in [-0.25, -0.2) is 0 Å². The molecule has 4 unspecified atom stereocenters. The zero-order chi connectivity index (χ0) is 24.0. The van der Waals surface area contributed by atoms with Crippen LogP contribution in [0, 0.1) is 0 Å². The minimum absolute atomic E-state index is 0.207. The van der Waals surface area contributed by atoms with Gasteiger partial charge in [0.2, 0.25) is 17.7 Å². The molecule has 0 radical (unpaired) electrons. The minimum Gasteiger partial charge on any atom is -0.481 e.